The van der Waals surface area contributed by atoms with Gasteiger partial charge in [-0.05, 0) is 25.5 Å². The Balaban J connectivity index is 1.46. The molecule has 0 N–H and O–H groups in total. The van der Waals surface area contributed by atoms with Crippen LogP contribution < -0.4 is 4.57 Å². The van der Waals surface area contributed by atoms with E-state index in [1.807, 2.05) is 0 Å². The Kier molecular flexibility index (Phi) is 11.2. The van der Waals surface area contributed by atoms with E-state index in [0.717, 1.165) is 13.2 Å². The Morgan fingerprint density at radius 2 is 1.37 bits per heavy atom. The Bertz CT molecular complexity index is 620. The van der Waals surface area contributed by atoms with Crippen LogP contribution in [0.2, 0.25) is 0 Å². The average Bonchev–Trinajstić information content (AvgIpc) is 3.06. The smallest absolute Gasteiger partial charge is 0.246 e. The zero-order valence-electron chi connectivity index (χ0n) is 17.8. The average molecular weight is 374 g/mol. The summed E-state index contributed by atoms with van der Waals surface area (Å²) in [6.07, 6.45) is 18.8. The van der Waals surface area contributed by atoms with Gasteiger partial charge >= 0.3 is 0 Å². The van der Waals surface area contributed by atoms with Gasteiger partial charge in [-0.15, -0.1) is 0 Å². The molecule has 0 atom stereocenters. The van der Waals surface area contributed by atoms with Gasteiger partial charge in [0, 0.05) is 0 Å². The van der Waals surface area contributed by atoms with Crippen LogP contribution in [0, 0.1) is 0 Å². The van der Waals surface area contributed by atoms with Crippen molar-refractivity contribution in [1.82, 2.24) is 4.57 Å². The summed E-state index contributed by atoms with van der Waals surface area (Å²) in [5.74, 6) is 0. The maximum absolute atomic E-state index is 5.93. The lowest BCUT2D eigenvalue weighted by Gasteiger charge is -2.04. The molecule has 0 aliphatic carbocycles. The van der Waals surface area contributed by atoms with Crippen LogP contribution in [0.15, 0.2) is 30.6 Å². The molecule has 0 spiro atoms. The SMILES string of the molecule is CCCCCCCCCCCCCCOC[n+]1cn(CC)c2ccccc21. The van der Waals surface area contributed by atoms with Crippen molar-refractivity contribution in [1.29, 1.82) is 0 Å². The predicted octanol–water partition coefficient (Wildman–Crippen LogP) is 6.62. The second-order valence-electron chi connectivity index (χ2n) is 7.79. The molecule has 0 amide bonds. The highest BCUT2D eigenvalue weighted by Gasteiger charge is 2.13. The standard InChI is InChI=1S/C24H41N2O/c1-3-5-6-7-8-9-10-11-12-13-14-17-20-27-22-26-21-25(4-2)23-18-15-16-19-24(23)26/h15-16,18-19,21H,3-14,17,20,22H2,1-2H3/q+1. The maximum Gasteiger partial charge on any atom is 0.246 e. The largest absolute Gasteiger partial charge is 0.342 e. The van der Waals surface area contributed by atoms with E-state index in [9.17, 15) is 0 Å². The molecule has 1 aromatic carbocycles. The highest BCUT2D eigenvalue weighted by Crippen LogP contribution is 2.12. The Morgan fingerprint density at radius 3 is 2.00 bits per heavy atom. The number of nitrogens with zero attached hydrogens (tertiary/aromatic N) is 2. The molecule has 2 aromatic rings. The van der Waals surface area contributed by atoms with Crippen LogP contribution in [0.4, 0.5) is 0 Å². The van der Waals surface area contributed by atoms with Crippen molar-refractivity contribution in [3.63, 3.8) is 0 Å². The summed E-state index contributed by atoms with van der Waals surface area (Å²) in [6.45, 7) is 6.99. The molecule has 0 unspecified atom stereocenters. The van der Waals surface area contributed by atoms with Crippen molar-refractivity contribution in [2.75, 3.05) is 6.61 Å². The van der Waals surface area contributed by atoms with E-state index in [1.165, 1.54) is 88.1 Å². The minimum absolute atomic E-state index is 0.658. The Morgan fingerprint density at radius 1 is 0.778 bits per heavy atom. The predicted molar refractivity (Wildman–Crippen MR) is 115 cm³/mol. The molecule has 3 heteroatoms. The number of benzene rings is 1. The van der Waals surface area contributed by atoms with E-state index in [2.05, 4.69) is 53.6 Å². The summed E-state index contributed by atoms with van der Waals surface area (Å²) in [5.41, 5.74) is 2.54. The number of rotatable bonds is 16. The zero-order chi connectivity index (χ0) is 19.2. The van der Waals surface area contributed by atoms with Crippen LogP contribution in [-0.2, 0) is 18.0 Å². The van der Waals surface area contributed by atoms with Crippen LogP contribution >= 0.6 is 0 Å². The lowest BCUT2D eigenvalue weighted by Crippen LogP contribution is -2.33. The van der Waals surface area contributed by atoms with Gasteiger partial charge in [0.2, 0.25) is 6.33 Å². The molecule has 0 fully saturated rings. The number of aromatic nitrogens is 2. The van der Waals surface area contributed by atoms with Gasteiger partial charge in [0.25, 0.3) is 0 Å². The van der Waals surface area contributed by atoms with Crippen molar-refractivity contribution in [2.45, 2.75) is 104 Å². The number of imidazole rings is 1. The zero-order valence-corrected chi connectivity index (χ0v) is 17.8. The third kappa shape index (κ3) is 8.04. The highest BCUT2D eigenvalue weighted by atomic mass is 16.5. The van der Waals surface area contributed by atoms with Gasteiger partial charge in [-0.3, -0.25) is 0 Å². The van der Waals surface area contributed by atoms with E-state index in [4.69, 9.17) is 4.74 Å². The summed E-state index contributed by atoms with van der Waals surface area (Å²) in [5, 5.41) is 0. The quantitative estimate of drug-likeness (QED) is 0.239. The normalized spacial score (nSPS) is 11.5. The number of hydrogen-bond donors (Lipinski definition) is 0. The van der Waals surface area contributed by atoms with Gasteiger partial charge in [-0.1, -0.05) is 89.7 Å². The molecule has 152 valence electrons. The highest BCUT2D eigenvalue weighted by molar-refractivity contribution is 5.71. The second kappa shape index (κ2) is 13.8. The summed E-state index contributed by atoms with van der Waals surface area (Å²) < 4.78 is 10.4. The molecule has 0 saturated heterocycles. The third-order valence-electron chi connectivity index (χ3n) is 5.49. The van der Waals surface area contributed by atoms with Crippen molar-refractivity contribution < 1.29 is 9.30 Å². The minimum Gasteiger partial charge on any atom is -0.342 e. The van der Waals surface area contributed by atoms with E-state index in [1.54, 1.807) is 0 Å². The maximum atomic E-state index is 5.93. The van der Waals surface area contributed by atoms with Gasteiger partial charge in [0.1, 0.15) is 0 Å². The van der Waals surface area contributed by atoms with Crippen molar-refractivity contribution >= 4 is 11.0 Å². The van der Waals surface area contributed by atoms with E-state index < -0.39 is 0 Å². The van der Waals surface area contributed by atoms with Crippen molar-refractivity contribution in [3.05, 3.63) is 30.6 Å². The molecule has 0 radical (unpaired) electrons. The summed E-state index contributed by atoms with van der Waals surface area (Å²) in [4.78, 5) is 0. The molecule has 0 aliphatic heterocycles. The van der Waals surface area contributed by atoms with Crippen molar-refractivity contribution in [3.8, 4) is 0 Å². The molecule has 1 heterocycles. The molecule has 0 bridgehead atoms. The van der Waals surface area contributed by atoms with E-state index in [0.29, 0.717) is 6.73 Å². The topological polar surface area (TPSA) is 18.0 Å². The van der Waals surface area contributed by atoms with Gasteiger partial charge in [-0.25, -0.2) is 9.13 Å². The molecule has 1 aromatic heterocycles. The minimum atomic E-state index is 0.658. The molecular formula is C24H41N2O+. The molecule has 3 nitrogen and oxygen atoms in total. The van der Waals surface area contributed by atoms with Gasteiger partial charge < -0.3 is 4.74 Å². The summed E-state index contributed by atoms with van der Waals surface area (Å²) >= 11 is 0. The number of hydrogen-bond acceptors (Lipinski definition) is 1. The number of aryl methyl sites for hydroxylation is 1. The van der Waals surface area contributed by atoms with Crippen molar-refractivity contribution in [2.24, 2.45) is 0 Å². The molecule has 0 saturated carbocycles. The lowest BCUT2D eigenvalue weighted by atomic mass is 10.1. The number of para-hydroxylation sites is 2. The second-order valence-corrected chi connectivity index (χ2v) is 7.79. The first-order valence-corrected chi connectivity index (χ1v) is 11.4. The lowest BCUT2D eigenvalue weighted by molar-refractivity contribution is -0.710. The van der Waals surface area contributed by atoms with Gasteiger partial charge in [0.05, 0.1) is 13.2 Å². The summed E-state index contributed by atoms with van der Waals surface area (Å²) in [6, 6.07) is 8.56. The molecule has 27 heavy (non-hydrogen) atoms. The van der Waals surface area contributed by atoms with E-state index in [-0.39, 0.29) is 0 Å². The first-order chi connectivity index (χ1) is 13.4. The van der Waals surface area contributed by atoms with Crippen LogP contribution in [0.1, 0.15) is 90.9 Å². The fourth-order valence-electron chi connectivity index (χ4n) is 3.81. The Hall–Kier alpha value is -1.35. The fraction of sp³-hybridized carbons (Fsp3) is 0.708. The first kappa shape index (κ1) is 21.9. The third-order valence-corrected chi connectivity index (χ3v) is 5.49. The van der Waals surface area contributed by atoms with E-state index >= 15 is 0 Å². The number of fused-ring (bicyclic) bond motifs is 1. The molecular weight excluding hydrogens is 332 g/mol. The number of unbranched alkanes of at least 4 members (excludes halogenated alkanes) is 11. The van der Waals surface area contributed by atoms with Crippen LogP contribution in [0.5, 0.6) is 0 Å². The van der Waals surface area contributed by atoms with Gasteiger partial charge in [0.15, 0.2) is 17.8 Å². The monoisotopic (exact) mass is 373 g/mol. The number of ether oxygens (including phenoxy) is 1. The van der Waals surface area contributed by atoms with Crippen LogP contribution in [0.3, 0.4) is 0 Å². The molecule has 2 rings (SSSR count). The first-order valence-electron chi connectivity index (χ1n) is 11.4. The van der Waals surface area contributed by atoms with Gasteiger partial charge in [-0.2, -0.15) is 0 Å². The Labute approximate surface area is 166 Å². The molecule has 0 aliphatic rings. The summed E-state index contributed by atoms with van der Waals surface area (Å²) in [7, 11) is 0. The van der Waals surface area contributed by atoms with Crippen LogP contribution in [0.25, 0.3) is 11.0 Å². The van der Waals surface area contributed by atoms with Crippen LogP contribution in [-0.4, -0.2) is 11.2 Å². The fourth-order valence-corrected chi connectivity index (χ4v) is 3.81.